The summed E-state index contributed by atoms with van der Waals surface area (Å²) in [7, 11) is -3.72. The van der Waals surface area contributed by atoms with E-state index in [0.717, 1.165) is 18.4 Å². The van der Waals surface area contributed by atoms with Gasteiger partial charge in [-0.3, -0.25) is 4.72 Å². The van der Waals surface area contributed by atoms with Crippen LogP contribution in [0.1, 0.15) is 38.2 Å². The van der Waals surface area contributed by atoms with Gasteiger partial charge in [0.2, 0.25) is 0 Å². The maximum absolute atomic E-state index is 12.5. The molecular weight excluding hydrogens is 365 g/mol. The van der Waals surface area contributed by atoms with Gasteiger partial charge in [0.15, 0.2) is 0 Å². The molecule has 6 heteroatoms. The Labute approximate surface area is 154 Å². The fraction of sp³-hybridized carbons (Fsp3) is 0.333. The summed E-state index contributed by atoms with van der Waals surface area (Å²) < 4.78 is 27.4. The molecule has 0 bridgehead atoms. The highest BCUT2D eigenvalue weighted by molar-refractivity contribution is 7.92. The molecule has 0 unspecified atom stereocenters. The Morgan fingerprint density at radius 3 is 2.12 bits per heavy atom. The third-order valence-electron chi connectivity index (χ3n) is 3.75. The Morgan fingerprint density at radius 1 is 0.917 bits per heavy atom. The number of halogens is 2. The molecule has 0 aliphatic rings. The van der Waals surface area contributed by atoms with E-state index in [2.05, 4.69) is 11.6 Å². The zero-order valence-corrected chi connectivity index (χ0v) is 15.9. The average Bonchev–Trinajstić information content (AvgIpc) is 2.56. The van der Waals surface area contributed by atoms with Crippen LogP contribution in [0.5, 0.6) is 0 Å². The minimum absolute atomic E-state index is 0.191. The largest absolute Gasteiger partial charge is 0.277 e. The minimum Gasteiger partial charge on any atom is -0.277 e. The first-order valence-corrected chi connectivity index (χ1v) is 10.2. The van der Waals surface area contributed by atoms with Crippen LogP contribution < -0.4 is 4.72 Å². The first-order chi connectivity index (χ1) is 11.4. The van der Waals surface area contributed by atoms with Crippen LogP contribution in [-0.4, -0.2) is 8.42 Å². The Morgan fingerprint density at radius 2 is 1.54 bits per heavy atom. The van der Waals surface area contributed by atoms with Crippen LogP contribution in [0.25, 0.3) is 0 Å². The van der Waals surface area contributed by atoms with Crippen molar-refractivity contribution in [3.63, 3.8) is 0 Å². The van der Waals surface area contributed by atoms with Crippen LogP contribution in [0.2, 0.25) is 10.0 Å². The molecule has 2 aromatic rings. The monoisotopic (exact) mass is 385 g/mol. The van der Waals surface area contributed by atoms with Gasteiger partial charge < -0.3 is 0 Å². The number of sulfonamides is 1. The maximum Gasteiger partial charge on any atom is 0.261 e. The number of nitrogens with one attached hydrogen (secondary N) is 1. The van der Waals surface area contributed by atoms with Crippen molar-refractivity contribution in [1.82, 2.24) is 0 Å². The molecule has 0 radical (unpaired) electrons. The van der Waals surface area contributed by atoms with Gasteiger partial charge in [-0.15, -0.1) is 0 Å². The van der Waals surface area contributed by atoms with E-state index >= 15 is 0 Å². The van der Waals surface area contributed by atoms with E-state index in [4.69, 9.17) is 23.2 Å². The number of rotatable bonds is 8. The van der Waals surface area contributed by atoms with Crippen molar-refractivity contribution in [2.75, 3.05) is 4.72 Å². The molecule has 0 heterocycles. The molecule has 0 fully saturated rings. The molecule has 0 saturated carbocycles. The highest BCUT2D eigenvalue weighted by Crippen LogP contribution is 2.31. The zero-order valence-electron chi connectivity index (χ0n) is 13.6. The number of hydrogen-bond donors (Lipinski definition) is 1. The van der Waals surface area contributed by atoms with E-state index in [0.29, 0.717) is 0 Å². The van der Waals surface area contributed by atoms with Gasteiger partial charge >= 0.3 is 0 Å². The smallest absolute Gasteiger partial charge is 0.261 e. The highest BCUT2D eigenvalue weighted by Gasteiger charge is 2.17. The van der Waals surface area contributed by atoms with Crippen molar-refractivity contribution >= 4 is 38.9 Å². The second kappa shape index (κ2) is 8.75. The number of anilines is 1. The van der Waals surface area contributed by atoms with Crippen LogP contribution in [0.3, 0.4) is 0 Å². The van der Waals surface area contributed by atoms with Gasteiger partial charge in [-0.1, -0.05) is 67.6 Å². The Bertz CT molecular complexity index is 754. The minimum atomic E-state index is -3.72. The molecule has 0 spiro atoms. The summed E-state index contributed by atoms with van der Waals surface area (Å²) >= 11 is 12.0. The topological polar surface area (TPSA) is 46.2 Å². The van der Waals surface area contributed by atoms with Gasteiger partial charge in [0.05, 0.1) is 20.6 Å². The van der Waals surface area contributed by atoms with E-state index in [-0.39, 0.29) is 20.6 Å². The first kappa shape index (κ1) is 19.1. The molecule has 0 saturated heterocycles. The summed E-state index contributed by atoms with van der Waals surface area (Å²) in [6.07, 6.45) is 5.71. The summed E-state index contributed by atoms with van der Waals surface area (Å²) in [5.41, 5.74) is 1.34. The number of benzene rings is 2. The molecule has 1 N–H and O–H groups in total. The van der Waals surface area contributed by atoms with Crippen molar-refractivity contribution in [2.45, 2.75) is 43.9 Å². The predicted octanol–water partition coefficient (Wildman–Crippen LogP) is 5.92. The fourth-order valence-electron chi connectivity index (χ4n) is 2.38. The van der Waals surface area contributed by atoms with Crippen molar-refractivity contribution < 1.29 is 8.42 Å². The molecule has 0 aliphatic carbocycles. The number of unbranched alkanes of at least 4 members (excludes halogenated alkanes) is 3. The second-order valence-electron chi connectivity index (χ2n) is 5.66. The third kappa shape index (κ3) is 5.13. The lowest BCUT2D eigenvalue weighted by atomic mass is 10.1. The fourth-order valence-corrected chi connectivity index (χ4v) is 4.08. The van der Waals surface area contributed by atoms with E-state index < -0.39 is 10.0 Å². The molecule has 0 atom stereocenters. The predicted molar refractivity (Wildman–Crippen MR) is 102 cm³/mol. The lowest BCUT2D eigenvalue weighted by Crippen LogP contribution is -2.13. The van der Waals surface area contributed by atoms with Crippen molar-refractivity contribution in [3.05, 3.63) is 58.1 Å². The third-order valence-corrected chi connectivity index (χ3v) is 5.75. The molecule has 3 nitrogen and oxygen atoms in total. The lowest BCUT2D eigenvalue weighted by molar-refractivity contribution is 0.601. The Balaban J connectivity index is 2.09. The van der Waals surface area contributed by atoms with Gasteiger partial charge in [-0.05, 0) is 42.7 Å². The summed E-state index contributed by atoms with van der Waals surface area (Å²) in [6, 6.07) is 11.8. The van der Waals surface area contributed by atoms with Gasteiger partial charge in [0.25, 0.3) is 10.0 Å². The Kier molecular flexibility index (Phi) is 6.96. The molecule has 2 aromatic carbocycles. The quantitative estimate of drug-likeness (QED) is 0.573. The highest BCUT2D eigenvalue weighted by atomic mass is 35.5. The van der Waals surface area contributed by atoms with Crippen LogP contribution in [0.15, 0.2) is 47.4 Å². The Hall–Kier alpha value is -1.23. The number of hydrogen-bond acceptors (Lipinski definition) is 2. The van der Waals surface area contributed by atoms with Crippen molar-refractivity contribution in [1.29, 1.82) is 0 Å². The molecule has 0 amide bonds. The van der Waals surface area contributed by atoms with Crippen LogP contribution in [0.4, 0.5) is 5.69 Å². The van der Waals surface area contributed by atoms with Crippen LogP contribution >= 0.6 is 23.2 Å². The SMILES string of the molecule is CCCCCCc1ccc(S(=O)(=O)Nc2c(Cl)cccc2Cl)cc1. The van der Waals surface area contributed by atoms with Crippen LogP contribution in [-0.2, 0) is 16.4 Å². The van der Waals surface area contributed by atoms with E-state index in [1.54, 1.807) is 30.3 Å². The van der Waals surface area contributed by atoms with E-state index in [9.17, 15) is 8.42 Å². The number of aryl methyl sites for hydroxylation is 1. The van der Waals surface area contributed by atoms with Gasteiger partial charge in [-0.2, -0.15) is 0 Å². The molecule has 0 aromatic heterocycles. The summed E-state index contributed by atoms with van der Waals surface area (Å²) in [5.74, 6) is 0. The van der Waals surface area contributed by atoms with Gasteiger partial charge in [0.1, 0.15) is 0 Å². The van der Waals surface area contributed by atoms with Gasteiger partial charge in [-0.25, -0.2) is 8.42 Å². The molecule has 2 rings (SSSR count). The average molecular weight is 386 g/mol. The summed E-state index contributed by atoms with van der Waals surface area (Å²) in [4.78, 5) is 0.191. The lowest BCUT2D eigenvalue weighted by Gasteiger charge is -2.11. The first-order valence-electron chi connectivity index (χ1n) is 8.00. The van der Waals surface area contributed by atoms with E-state index in [1.807, 2.05) is 12.1 Å². The zero-order chi connectivity index (χ0) is 17.6. The van der Waals surface area contributed by atoms with Crippen LogP contribution in [0, 0.1) is 0 Å². The van der Waals surface area contributed by atoms with E-state index in [1.165, 1.54) is 19.3 Å². The summed E-state index contributed by atoms with van der Waals surface area (Å²) in [5, 5.41) is 0.525. The number of para-hydroxylation sites is 1. The standard InChI is InChI=1S/C18H21Cl2NO2S/c1-2-3-4-5-7-14-10-12-15(13-11-14)24(22,23)21-18-16(19)8-6-9-17(18)20/h6,8-13,21H,2-5,7H2,1H3. The second-order valence-corrected chi connectivity index (χ2v) is 8.15. The molecule has 130 valence electrons. The maximum atomic E-state index is 12.5. The van der Waals surface area contributed by atoms with Gasteiger partial charge in [0, 0.05) is 0 Å². The molecule has 24 heavy (non-hydrogen) atoms. The molecule has 0 aliphatic heterocycles. The normalized spacial score (nSPS) is 11.5. The summed E-state index contributed by atoms with van der Waals surface area (Å²) in [6.45, 7) is 2.18. The van der Waals surface area contributed by atoms with Crippen molar-refractivity contribution in [2.24, 2.45) is 0 Å². The van der Waals surface area contributed by atoms with Crippen molar-refractivity contribution in [3.8, 4) is 0 Å². The molecular formula is C18H21Cl2NO2S.